The van der Waals surface area contributed by atoms with Crippen LogP contribution in [0.4, 0.5) is 11.4 Å². The summed E-state index contributed by atoms with van der Waals surface area (Å²) in [6.45, 7) is 0. The van der Waals surface area contributed by atoms with Crippen LogP contribution in [0, 0.1) is 10.1 Å². The zero-order valence-electron chi connectivity index (χ0n) is 14.5. The number of aromatic nitrogens is 1. The molecule has 0 saturated carbocycles. The highest BCUT2D eigenvalue weighted by molar-refractivity contribution is 7.90. The molecule has 144 valence electrons. The average molecular weight is 420 g/mol. The number of halogens is 1. The van der Waals surface area contributed by atoms with Crippen LogP contribution < -0.4 is 5.32 Å². The zero-order chi connectivity index (χ0) is 20.5. The number of nitrogens with one attached hydrogen (secondary N) is 1. The first-order chi connectivity index (χ1) is 13.1. The Morgan fingerprint density at radius 2 is 1.82 bits per heavy atom. The van der Waals surface area contributed by atoms with Crippen LogP contribution in [0.3, 0.4) is 0 Å². The first-order valence-corrected chi connectivity index (χ1v) is 10.2. The molecule has 1 aromatic heterocycles. The summed E-state index contributed by atoms with van der Waals surface area (Å²) in [6, 6.07) is 11.4. The summed E-state index contributed by atoms with van der Waals surface area (Å²) >= 11 is 6.05. The monoisotopic (exact) mass is 419 g/mol. The maximum atomic E-state index is 12.7. The molecule has 3 aromatic rings. The molecule has 0 aliphatic rings. The maximum Gasteiger partial charge on any atom is 0.271 e. The van der Waals surface area contributed by atoms with E-state index in [1.807, 2.05) is 0 Å². The van der Waals surface area contributed by atoms with Gasteiger partial charge in [-0.1, -0.05) is 11.6 Å². The number of amides is 1. The lowest BCUT2D eigenvalue weighted by atomic mass is 10.1. The van der Waals surface area contributed by atoms with E-state index in [1.165, 1.54) is 0 Å². The summed E-state index contributed by atoms with van der Waals surface area (Å²) in [5, 5.41) is 14.2. The molecule has 0 radical (unpaired) electrons. The van der Waals surface area contributed by atoms with E-state index in [9.17, 15) is 23.3 Å². The number of carbonyl (C=O) groups is 1. The Kier molecular flexibility index (Phi) is 5.21. The van der Waals surface area contributed by atoms with E-state index < -0.39 is 26.4 Å². The lowest BCUT2D eigenvalue weighted by molar-refractivity contribution is -0.385. The number of nitro groups is 1. The Labute approximate surface area is 165 Å². The third-order valence-corrected chi connectivity index (χ3v) is 5.21. The van der Waals surface area contributed by atoms with Gasteiger partial charge in [-0.05, 0) is 36.4 Å². The second-order valence-corrected chi connectivity index (χ2v) is 8.40. The predicted octanol–water partition coefficient (Wildman–Crippen LogP) is 3.69. The fourth-order valence-corrected chi connectivity index (χ4v) is 3.39. The molecule has 8 nitrogen and oxygen atoms in total. The summed E-state index contributed by atoms with van der Waals surface area (Å²) in [7, 11) is -3.74. The van der Waals surface area contributed by atoms with Crippen LogP contribution in [0.15, 0.2) is 65.8 Å². The molecule has 2 aromatic carbocycles. The van der Waals surface area contributed by atoms with Crippen LogP contribution in [-0.2, 0) is 9.84 Å². The van der Waals surface area contributed by atoms with Crippen molar-refractivity contribution >= 4 is 38.7 Å². The standard InChI is InChI=1S/C18H14ClN3O5S/c1-28(26,27)15-9-12(8-14(11-15)22(24)25)18(23)20-16-5-4-13(19)10-17(16)21-6-2-3-7-21/h2-11H,1H3,(H,20,23). The fraction of sp³-hybridized carbons (Fsp3) is 0.0556. The van der Waals surface area contributed by atoms with Crippen LogP contribution in [0.1, 0.15) is 10.4 Å². The van der Waals surface area contributed by atoms with Crippen molar-refractivity contribution in [2.24, 2.45) is 0 Å². The quantitative estimate of drug-likeness (QED) is 0.500. The predicted molar refractivity (Wildman–Crippen MR) is 105 cm³/mol. The molecule has 0 saturated heterocycles. The Morgan fingerprint density at radius 3 is 2.43 bits per heavy atom. The summed E-state index contributed by atoms with van der Waals surface area (Å²) in [6.07, 6.45) is 4.43. The number of benzene rings is 2. The molecule has 1 heterocycles. The molecule has 0 bridgehead atoms. The Bertz CT molecular complexity index is 1170. The molecule has 0 spiro atoms. The highest BCUT2D eigenvalue weighted by atomic mass is 35.5. The number of hydrogen-bond donors (Lipinski definition) is 1. The third-order valence-electron chi connectivity index (χ3n) is 3.88. The van der Waals surface area contributed by atoms with Crippen LogP contribution in [-0.4, -0.2) is 30.1 Å². The van der Waals surface area contributed by atoms with Gasteiger partial charge in [-0.15, -0.1) is 0 Å². The lowest BCUT2D eigenvalue weighted by Crippen LogP contribution is -2.15. The van der Waals surface area contributed by atoms with Crippen molar-refractivity contribution in [2.75, 3.05) is 11.6 Å². The van der Waals surface area contributed by atoms with Crippen molar-refractivity contribution in [3.05, 3.63) is 81.6 Å². The number of non-ortho nitro benzene ring substituents is 1. The van der Waals surface area contributed by atoms with Gasteiger partial charge in [0.15, 0.2) is 9.84 Å². The van der Waals surface area contributed by atoms with Crippen molar-refractivity contribution in [2.45, 2.75) is 4.90 Å². The minimum absolute atomic E-state index is 0.150. The molecule has 28 heavy (non-hydrogen) atoms. The molecule has 0 aliphatic carbocycles. The normalized spacial score (nSPS) is 11.2. The summed E-state index contributed by atoms with van der Waals surface area (Å²) in [5.41, 5.74) is 0.343. The highest BCUT2D eigenvalue weighted by Gasteiger charge is 2.20. The zero-order valence-corrected chi connectivity index (χ0v) is 16.1. The number of sulfone groups is 1. The second-order valence-electron chi connectivity index (χ2n) is 5.95. The number of carbonyl (C=O) groups excluding carboxylic acids is 1. The van der Waals surface area contributed by atoms with Gasteiger partial charge in [0.05, 0.1) is 21.2 Å². The van der Waals surface area contributed by atoms with Crippen molar-refractivity contribution in [1.82, 2.24) is 4.57 Å². The van der Waals surface area contributed by atoms with Crippen LogP contribution in [0.25, 0.3) is 5.69 Å². The van der Waals surface area contributed by atoms with Gasteiger partial charge in [0.2, 0.25) is 0 Å². The minimum atomic E-state index is -3.74. The number of nitrogens with zero attached hydrogens (tertiary/aromatic N) is 2. The molecule has 0 atom stereocenters. The molecule has 3 rings (SSSR count). The molecule has 10 heteroatoms. The van der Waals surface area contributed by atoms with E-state index in [0.29, 0.717) is 16.4 Å². The highest BCUT2D eigenvalue weighted by Crippen LogP contribution is 2.26. The topological polar surface area (TPSA) is 111 Å². The van der Waals surface area contributed by atoms with Gasteiger partial charge in [-0.2, -0.15) is 0 Å². The van der Waals surface area contributed by atoms with Gasteiger partial charge < -0.3 is 9.88 Å². The second kappa shape index (κ2) is 7.45. The summed E-state index contributed by atoms with van der Waals surface area (Å²) < 4.78 is 25.4. The molecular weight excluding hydrogens is 406 g/mol. The lowest BCUT2D eigenvalue weighted by Gasteiger charge is -2.13. The van der Waals surface area contributed by atoms with Crippen molar-refractivity contribution in [3.63, 3.8) is 0 Å². The first kappa shape index (κ1) is 19.6. The van der Waals surface area contributed by atoms with E-state index in [4.69, 9.17) is 11.6 Å². The Morgan fingerprint density at radius 1 is 1.14 bits per heavy atom. The molecule has 1 N–H and O–H groups in total. The van der Waals surface area contributed by atoms with E-state index >= 15 is 0 Å². The van der Waals surface area contributed by atoms with Crippen molar-refractivity contribution < 1.29 is 18.1 Å². The van der Waals surface area contributed by atoms with Gasteiger partial charge in [0.1, 0.15) is 0 Å². The third kappa shape index (κ3) is 4.21. The number of hydrogen-bond acceptors (Lipinski definition) is 5. The minimum Gasteiger partial charge on any atom is -0.322 e. The Hall–Kier alpha value is -3.17. The van der Waals surface area contributed by atoms with Gasteiger partial charge in [0, 0.05) is 41.4 Å². The van der Waals surface area contributed by atoms with Crippen molar-refractivity contribution in [1.29, 1.82) is 0 Å². The number of rotatable bonds is 5. The Balaban J connectivity index is 2.03. The molecule has 0 fully saturated rings. The first-order valence-electron chi connectivity index (χ1n) is 7.89. The van der Waals surface area contributed by atoms with Gasteiger partial charge in [-0.3, -0.25) is 14.9 Å². The molecule has 0 unspecified atom stereocenters. The number of anilines is 1. The van der Waals surface area contributed by atoms with Crippen LogP contribution >= 0.6 is 11.6 Å². The molecule has 0 aliphatic heterocycles. The van der Waals surface area contributed by atoms with E-state index in [0.717, 1.165) is 24.5 Å². The van der Waals surface area contributed by atoms with Crippen molar-refractivity contribution in [3.8, 4) is 5.69 Å². The SMILES string of the molecule is CS(=O)(=O)c1cc(C(=O)Nc2ccc(Cl)cc2-n2cccc2)cc([N+](=O)[O-])c1. The van der Waals surface area contributed by atoms with Crippen LogP contribution in [0.2, 0.25) is 5.02 Å². The van der Waals surface area contributed by atoms with E-state index in [-0.39, 0.29) is 10.5 Å². The average Bonchev–Trinajstić information content (AvgIpc) is 3.16. The molecule has 1 amide bonds. The molecular formula is C18H14ClN3O5S. The van der Waals surface area contributed by atoms with Gasteiger partial charge in [-0.25, -0.2) is 8.42 Å². The van der Waals surface area contributed by atoms with Gasteiger partial charge in [0.25, 0.3) is 11.6 Å². The van der Waals surface area contributed by atoms with Gasteiger partial charge >= 0.3 is 0 Å². The fourth-order valence-electron chi connectivity index (χ4n) is 2.55. The summed E-state index contributed by atoms with van der Waals surface area (Å²) in [5.74, 6) is -0.690. The maximum absolute atomic E-state index is 12.7. The number of nitro benzene ring substituents is 1. The smallest absolute Gasteiger partial charge is 0.271 e. The van der Waals surface area contributed by atoms with E-state index in [1.54, 1.807) is 47.3 Å². The van der Waals surface area contributed by atoms with Crippen LogP contribution in [0.5, 0.6) is 0 Å². The van der Waals surface area contributed by atoms with E-state index in [2.05, 4.69) is 5.32 Å². The summed E-state index contributed by atoms with van der Waals surface area (Å²) in [4.78, 5) is 22.8. The largest absolute Gasteiger partial charge is 0.322 e.